The monoisotopic (exact) mass is 649 g/mol. The lowest BCUT2D eigenvalue weighted by Crippen LogP contribution is -2.79. The zero-order chi connectivity index (χ0) is 35.0. The Bertz CT molecular complexity index is 1740. The Morgan fingerprint density at radius 1 is 1.00 bits per heavy atom. The van der Waals surface area contributed by atoms with E-state index in [2.05, 4.69) is 10.6 Å². The lowest BCUT2D eigenvalue weighted by Gasteiger charge is -2.61. The van der Waals surface area contributed by atoms with E-state index in [0.29, 0.717) is 22.7 Å². The van der Waals surface area contributed by atoms with Gasteiger partial charge in [-0.3, -0.25) is 28.9 Å². The van der Waals surface area contributed by atoms with Crippen LogP contribution in [0.4, 0.5) is 21.9 Å². The number of nitrogens with two attached hydrogens (primary N) is 1. The highest BCUT2D eigenvalue weighted by Crippen LogP contribution is 2.62. The number of fused-ring (bicyclic) bond motifs is 3. The van der Waals surface area contributed by atoms with Gasteiger partial charge in [-0.05, 0) is 68.2 Å². The number of phenols is 1. The van der Waals surface area contributed by atoms with E-state index < -0.39 is 75.1 Å². The number of hydrogen-bond donors (Lipinski definition) is 5. The topological polar surface area (TPSA) is 209 Å². The van der Waals surface area contributed by atoms with E-state index in [0.717, 1.165) is 0 Å². The zero-order valence-corrected chi connectivity index (χ0v) is 27.3. The Hall–Kier alpha value is -4.82. The second kappa shape index (κ2) is 11.2. The van der Waals surface area contributed by atoms with Gasteiger partial charge in [-0.15, -0.1) is 0 Å². The summed E-state index contributed by atoms with van der Waals surface area (Å²) < 4.78 is 5.13. The number of nitrogens with one attached hydrogen (secondary N) is 2. The van der Waals surface area contributed by atoms with Gasteiger partial charge in [0.1, 0.15) is 11.5 Å². The van der Waals surface area contributed by atoms with Crippen LogP contribution in [0.5, 0.6) is 11.5 Å². The van der Waals surface area contributed by atoms with Crippen LogP contribution in [0.25, 0.3) is 0 Å². The number of phenolic OH excluding ortho intramolecular Hbond substituents is 1. The Morgan fingerprint density at radius 3 is 2.15 bits per heavy atom. The van der Waals surface area contributed by atoms with Crippen LogP contribution in [0.1, 0.15) is 36.2 Å². The van der Waals surface area contributed by atoms with Crippen molar-refractivity contribution in [3.63, 3.8) is 0 Å². The summed E-state index contributed by atoms with van der Waals surface area (Å²) in [5.74, 6) is -9.26. The number of methoxy groups -OCH3 is 1. The number of aliphatic hydroxyl groups is 1. The highest BCUT2D eigenvalue weighted by molar-refractivity contribution is 6.33. The normalized spacial score (nSPS) is 29.9. The first-order valence-electron chi connectivity index (χ1n) is 15.0. The highest BCUT2D eigenvalue weighted by Gasteiger charge is 2.76. The summed E-state index contributed by atoms with van der Waals surface area (Å²) in [5, 5.41) is 28.8. The molecule has 250 valence electrons. The lowest BCUT2D eigenvalue weighted by atomic mass is 9.42. The van der Waals surface area contributed by atoms with Crippen molar-refractivity contribution in [3.8, 4) is 11.5 Å². The smallest absolute Gasteiger partial charge is 0.323 e. The van der Waals surface area contributed by atoms with Gasteiger partial charge in [-0.2, -0.15) is 0 Å². The predicted octanol–water partition coefficient (Wildman–Crippen LogP) is 1.37. The molecule has 0 bridgehead atoms. The summed E-state index contributed by atoms with van der Waals surface area (Å²) in [6, 6.07) is 6.02. The standard InChI is InChI=1S/C33H39N5O9/c1-31-13-17-19(37(3)4)12-18(36-30(45)35-15-8-10-16(47-7)11-9-15)23(39)20(17)24(40)22(31)28(43)33(46)27(42)21(29(34)44)25(41)26(38(5)6)32(33,2)14-31/h8-12,21-22,26,39,46H,13-14H2,1-7H3,(H2,34,44)(H2,35,36,45)/t21?,22?,26-,31+,32+,33-/m1/s1. The number of primary amides is 1. The first-order chi connectivity index (χ1) is 21.8. The number of hydrogen-bond acceptors (Lipinski definition) is 11. The van der Waals surface area contributed by atoms with Gasteiger partial charge in [0.05, 0.1) is 30.3 Å². The van der Waals surface area contributed by atoms with Gasteiger partial charge in [0.15, 0.2) is 34.7 Å². The molecule has 14 nitrogen and oxygen atoms in total. The van der Waals surface area contributed by atoms with Gasteiger partial charge in [0, 0.05) is 30.9 Å². The largest absolute Gasteiger partial charge is 0.505 e. The van der Waals surface area contributed by atoms with E-state index in [-0.39, 0.29) is 24.1 Å². The summed E-state index contributed by atoms with van der Waals surface area (Å²) in [5.41, 5.74) is 0.479. The SMILES string of the molecule is COc1ccc(NC(=O)Nc2cc(N(C)C)c3c(c2O)C(=O)C2C(=O)[C@]4(O)C(=O)C(C(N)=O)C(=O)[C@@H](N(C)C)[C@]4(C)C[C@]2(C)C3)cc1. The van der Waals surface area contributed by atoms with Crippen molar-refractivity contribution >= 4 is 52.1 Å². The van der Waals surface area contributed by atoms with Gasteiger partial charge >= 0.3 is 6.03 Å². The molecule has 2 unspecified atom stereocenters. The number of nitrogens with zero attached hydrogens (tertiary/aromatic N) is 2. The maximum Gasteiger partial charge on any atom is 0.323 e. The molecule has 0 spiro atoms. The molecule has 3 amide bonds. The van der Waals surface area contributed by atoms with Gasteiger partial charge in [-0.25, -0.2) is 4.79 Å². The average molecular weight is 650 g/mol. The Morgan fingerprint density at radius 2 is 1.62 bits per heavy atom. The molecule has 0 radical (unpaired) electrons. The predicted molar refractivity (Wildman–Crippen MR) is 171 cm³/mol. The van der Waals surface area contributed by atoms with Crippen molar-refractivity contribution in [1.82, 2.24) is 4.90 Å². The molecule has 0 aliphatic heterocycles. The molecule has 14 heteroatoms. The van der Waals surface area contributed by atoms with Crippen LogP contribution in [-0.2, 0) is 25.6 Å². The number of carbonyl (C=O) groups is 6. The second-order valence-electron chi connectivity index (χ2n) is 13.6. The molecule has 2 aromatic rings. The molecular weight excluding hydrogens is 610 g/mol. The van der Waals surface area contributed by atoms with Crippen molar-refractivity contribution in [2.45, 2.75) is 38.3 Å². The molecule has 5 rings (SSSR count). The van der Waals surface area contributed by atoms with Crippen LogP contribution in [0.15, 0.2) is 30.3 Å². The Labute approximate surface area is 271 Å². The van der Waals surface area contributed by atoms with Crippen LogP contribution in [-0.4, -0.2) is 97.1 Å². The molecule has 2 fully saturated rings. The van der Waals surface area contributed by atoms with Gasteiger partial charge < -0.3 is 36.2 Å². The third-order valence-electron chi connectivity index (χ3n) is 10.0. The molecule has 2 aromatic carbocycles. The Balaban J connectivity index is 1.62. The fourth-order valence-corrected chi connectivity index (χ4v) is 8.22. The highest BCUT2D eigenvalue weighted by atomic mass is 16.5. The molecule has 2 saturated carbocycles. The number of urea groups is 1. The van der Waals surface area contributed by atoms with Gasteiger partial charge in [0.2, 0.25) is 5.91 Å². The molecule has 0 aromatic heterocycles. The molecule has 0 saturated heterocycles. The number of ketones is 4. The van der Waals surface area contributed by atoms with Crippen LogP contribution in [0.2, 0.25) is 0 Å². The number of ether oxygens (including phenoxy) is 1. The van der Waals surface area contributed by atoms with Crippen molar-refractivity contribution in [2.24, 2.45) is 28.4 Å². The molecule has 47 heavy (non-hydrogen) atoms. The van der Waals surface area contributed by atoms with E-state index in [1.165, 1.54) is 39.1 Å². The Kier molecular flexibility index (Phi) is 7.96. The van der Waals surface area contributed by atoms with E-state index >= 15 is 0 Å². The number of likely N-dealkylation sites (N-methyl/N-ethyl adjacent to an activating group) is 1. The molecule has 0 heterocycles. The third-order valence-corrected chi connectivity index (χ3v) is 10.0. The van der Waals surface area contributed by atoms with Crippen LogP contribution >= 0.6 is 0 Å². The van der Waals surface area contributed by atoms with Crippen LogP contribution in [0.3, 0.4) is 0 Å². The first-order valence-corrected chi connectivity index (χ1v) is 15.0. The minimum atomic E-state index is -2.92. The molecule has 6 N–H and O–H groups in total. The number of amides is 3. The summed E-state index contributed by atoms with van der Waals surface area (Å²) in [6.07, 6.45) is -0.0981. The zero-order valence-electron chi connectivity index (χ0n) is 27.3. The summed E-state index contributed by atoms with van der Waals surface area (Å²) in [4.78, 5) is 84.7. The number of aromatic hydroxyl groups is 1. The molecule has 6 atom stereocenters. The summed E-state index contributed by atoms with van der Waals surface area (Å²) >= 11 is 0. The maximum absolute atomic E-state index is 14.5. The van der Waals surface area contributed by atoms with E-state index in [4.69, 9.17) is 10.5 Å². The summed E-state index contributed by atoms with van der Waals surface area (Å²) in [6.45, 7) is 3.12. The first kappa shape index (κ1) is 33.5. The van der Waals surface area contributed by atoms with Gasteiger partial charge in [-0.1, -0.05) is 13.8 Å². The fourth-order valence-electron chi connectivity index (χ4n) is 8.22. The second-order valence-corrected chi connectivity index (χ2v) is 13.6. The van der Waals surface area contributed by atoms with E-state index in [1.54, 1.807) is 50.2 Å². The summed E-state index contributed by atoms with van der Waals surface area (Å²) in [7, 11) is 7.99. The number of carbonyl (C=O) groups excluding carboxylic acids is 6. The number of anilines is 3. The average Bonchev–Trinajstić information content (AvgIpc) is 2.96. The lowest BCUT2D eigenvalue weighted by molar-refractivity contribution is -0.203. The fraction of sp³-hybridized carbons (Fsp3) is 0.455. The molecular formula is C33H39N5O9. The van der Waals surface area contributed by atoms with Crippen molar-refractivity contribution in [1.29, 1.82) is 0 Å². The number of rotatable bonds is 6. The van der Waals surface area contributed by atoms with E-state index in [9.17, 15) is 39.0 Å². The van der Waals surface area contributed by atoms with Gasteiger partial charge in [0.25, 0.3) is 0 Å². The van der Waals surface area contributed by atoms with Crippen molar-refractivity contribution < 1.29 is 43.7 Å². The van der Waals surface area contributed by atoms with Crippen LogP contribution < -0.4 is 26.0 Å². The number of benzene rings is 2. The third kappa shape index (κ3) is 4.76. The van der Waals surface area contributed by atoms with Crippen LogP contribution in [0, 0.1) is 22.7 Å². The molecule has 3 aliphatic rings. The number of Topliss-reactive ketones (excluding diaryl/α,β-unsaturated/α-hetero) is 4. The minimum absolute atomic E-state index is 0.0390. The van der Waals surface area contributed by atoms with E-state index in [1.807, 2.05) is 0 Å². The quantitative estimate of drug-likeness (QED) is 0.223. The van der Waals surface area contributed by atoms with Crippen molar-refractivity contribution in [3.05, 3.63) is 41.5 Å². The van der Waals surface area contributed by atoms with Crippen molar-refractivity contribution in [2.75, 3.05) is 50.8 Å². The minimum Gasteiger partial charge on any atom is -0.505 e. The maximum atomic E-state index is 14.5. The molecule has 3 aliphatic carbocycles.